The minimum atomic E-state index is -0.126. The van der Waals surface area contributed by atoms with Crippen LogP contribution in [0.4, 0.5) is 5.00 Å². The number of thiophene rings is 1. The average molecular weight is 450 g/mol. The Kier molecular flexibility index (Phi) is 4.99. The molecular formula is C24H27N5O2S. The van der Waals surface area contributed by atoms with Crippen molar-refractivity contribution in [2.24, 2.45) is 0 Å². The zero-order chi connectivity index (χ0) is 21.7. The smallest absolute Gasteiger partial charge is 0.261 e. The number of rotatable bonds is 4. The molecule has 1 aliphatic carbocycles. The number of aliphatic hydroxyl groups excluding tert-OH is 1. The maximum absolute atomic E-state index is 12.8. The van der Waals surface area contributed by atoms with Gasteiger partial charge < -0.3 is 19.6 Å². The Morgan fingerprint density at radius 2 is 2.00 bits per heavy atom. The molecule has 7 nitrogen and oxygen atoms in total. The van der Waals surface area contributed by atoms with Gasteiger partial charge in [0, 0.05) is 12.6 Å². The Hall–Kier alpha value is -2.71. The summed E-state index contributed by atoms with van der Waals surface area (Å²) in [6, 6.07) is 7.02. The van der Waals surface area contributed by atoms with Gasteiger partial charge in [0.2, 0.25) is 0 Å². The highest BCUT2D eigenvalue weighted by Gasteiger charge is 2.29. The lowest BCUT2D eigenvalue weighted by Crippen LogP contribution is -2.32. The summed E-state index contributed by atoms with van der Waals surface area (Å²) in [4.78, 5) is 28.0. The molecule has 0 spiro atoms. The molecule has 1 unspecified atom stereocenters. The van der Waals surface area contributed by atoms with E-state index in [0.717, 1.165) is 45.9 Å². The van der Waals surface area contributed by atoms with E-state index in [1.54, 1.807) is 11.3 Å². The second-order valence-electron chi connectivity index (χ2n) is 9.01. The third-order valence-electron chi connectivity index (χ3n) is 7.13. The zero-order valence-corrected chi connectivity index (χ0v) is 18.8. The lowest BCUT2D eigenvalue weighted by Gasteiger charge is -2.23. The SMILES string of the molecule is O=c1[nH]cnc2c(-c3ccc4c(c3)ncn4C3CCCCC3)sc(N3CCCC3CO)c12. The van der Waals surface area contributed by atoms with Gasteiger partial charge in [-0.25, -0.2) is 9.97 Å². The molecule has 2 fully saturated rings. The van der Waals surface area contributed by atoms with Crippen LogP contribution in [-0.4, -0.2) is 43.8 Å². The summed E-state index contributed by atoms with van der Waals surface area (Å²) in [6.45, 7) is 0.941. The van der Waals surface area contributed by atoms with Gasteiger partial charge in [0.1, 0.15) is 10.4 Å². The van der Waals surface area contributed by atoms with Gasteiger partial charge in [0.25, 0.3) is 5.56 Å². The number of anilines is 1. The van der Waals surface area contributed by atoms with E-state index in [4.69, 9.17) is 4.98 Å². The third-order valence-corrected chi connectivity index (χ3v) is 8.40. The summed E-state index contributed by atoms with van der Waals surface area (Å²) in [7, 11) is 0. The molecule has 4 heterocycles. The van der Waals surface area contributed by atoms with Crippen molar-refractivity contribution in [3.63, 3.8) is 0 Å². The van der Waals surface area contributed by atoms with Crippen molar-refractivity contribution in [2.45, 2.75) is 57.0 Å². The van der Waals surface area contributed by atoms with E-state index in [0.29, 0.717) is 11.4 Å². The number of aromatic amines is 1. The minimum absolute atomic E-state index is 0.0537. The van der Waals surface area contributed by atoms with Crippen molar-refractivity contribution in [3.05, 3.63) is 41.2 Å². The van der Waals surface area contributed by atoms with Gasteiger partial charge in [0.15, 0.2) is 0 Å². The second-order valence-corrected chi connectivity index (χ2v) is 10.0. The maximum atomic E-state index is 12.8. The lowest BCUT2D eigenvalue weighted by atomic mass is 9.95. The van der Waals surface area contributed by atoms with Crippen LogP contribution in [0.2, 0.25) is 0 Å². The molecule has 0 amide bonds. The first-order valence-corrected chi connectivity index (χ1v) is 12.4. The molecule has 0 radical (unpaired) electrons. The van der Waals surface area contributed by atoms with Crippen LogP contribution in [0.15, 0.2) is 35.6 Å². The number of imidazole rings is 1. The number of hydrogen-bond acceptors (Lipinski definition) is 6. The first-order valence-electron chi connectivity index (χ1n) is 11.6. The number of aliphatic hydroxyl groups is 1. The lowest BCUT2D eigenvalue weighted by molar-refractivity contribution is 0.267. The third kappa shape index (κ3) is 3.16. The fourth-order valence-corrected chi connectivity index (χ4v) is 6.82. The van der Waals surface area contributed by atoms with Gasteiger partial charge in [-0.1, -0.05) is 25.3 Å². The van der Waals surface area contributed by atoms with Crippen LogP contribution in [-0.2, 0) is 0 Å². The quantitative estimate of drug-likeness (QED) is 0.480. The van der Waals surface area contributed by atoms with E-state index in [1.165, 1.54) is 43.9 Å². The summed E-state index contributed by atoms with van der Waals surface area (Å²) < 4.78 is 2.34. The van der Waals surface area contributed by atoms with Crippen molar-refractivity contribution >= 4 is 38.3 Å². The normalized spacial score (nSPS) is 20.0. The molecule has 8 heteroatoms. The van der Waals surface area contributed by atoms with Crippen LogP contribution in [0.3, 0.4) is 0 Å². The largest absolute Gasteiger partial charge is 0.394 e. The zero-order valence-electron chi connectivity index (χ0n) is 18.0. The van der Waals surface area contributed by atoms with Gasteiger partial charge in [-0.2, -0.15) is 0 Å². The van der Waals surface area contributed by atoms with Crippen molar-refractivity contribution in [1.29, 1.82) is 0 Å². The highest BCUT2D eigenvalue weighted by atomic mass is 32.1. The molecule has 0 bridgehead atoms. The Morgan fingerprint density at radius 1 is 1.12 bits per heavy atom. The van der Waals surface area contributed by atoms with Crippen LogP contribution < -0.4 is 10.5 Å². The Labute approximate surface area is 189 Å². The van der Waals surface area contributed by atoms with Crippen molar-refractivity contribution in [1.82, 2.24) is 19.5 Å². The molecule has 6 rings (SSSR count). The predicted molar refractivity (Wildman–Crippen MR) is 129 cm³/mol. The highest BCUT2D eigenvalue weighted by Crippen LogP contribution is 2.44. The molecule has 2 aliphatic rings. The summed E-state index contributed by atoms with van der Waals surface area (Å²) in [5.74, 6) is 0. The van der Waals surface area contributed by atoms with Crippen LogP contribution in [0.25, 0.3) is 32.4 Å². The van der Waals surface area contributed by atoms with Crippen LogP contribution in [0.5, 0.6) is 0 Å². The highest BCUT2D eigenvalue weighted by molar-refractivity contribution is 7.21. The van der Waals surface area contributed by atoms with Crippen LogP contribution >= 0.6 is 11.3 Å². The molecule has 1 saturated heterocycles. The van der Waals surface area contributed by atoms with E-state index in [1.807, 2.05) is 6.33 Å². The average Bonchev–Trinajstić information content (AvgIpc) is 3.55. The number of fused-ring (bicyclic) bond motifs is 2. The van der Waals surface area contributed by atoms with Crippen molar-refractivity contribution in [2.75, 3.05) is 18.1 Å². The molecule has 1 saturated carbocycles. The number of nitrogens with one attached hydrogen (secondary N) is 1. The number of hydrogen-bond donors (Lipinski definition) is 2. The molecule has 166 valence electrons. The summed E-state index contributed by atoms with van der Waals surface area (Å²) >= 11 is 1.60. The fraction of sp³-hybridized carbons (Fsp3) is 0.458. The summed E-state index contributed by atoms with van der Waals surface area (Å²) in [5.41, 5.74) is 3.79. The monoisotopic (exact) mass is 449 g/mol. The maximum Gasteiger partial charge on any atom is 0.261 e. The first-order chi connectivity index (χ1) is 15.7. The summed E-state index contributed by atoms with van der Waals surface area (Å²) in [6.07, 6.45) is 11.8. The van der Waals surface area contributed by atoms with Gasteiger partial charge in [0.05, 0.1) is 46.7 Å². The molecular weight excluding hydrogens is 422 g/mol. The Balaban J connectivity index is 1.47. The second kappa shape index (κ2) is 8.01. The molecule has 2 N–H and O–H groups in total. The Bertz CT molecular complexity index is 1330. The molecule has 1 aliphatic heterocycles. The van der Waals surface area contributed by atoms with E-state index in [2.05, 4.69) is 37.6 Å². The number of H-pyrrole nitrogens is 1. The van der Waals surface area contributed by atoms with E-state index in [-0.39, 0.29) is 18.2 Å². The number of aromatic nitrogens is 4. The molecule has 1 aromatic carbocycles. The number of benzene rings is 1. The molecule has 3 aromatic heterocycles. The van der Waals surface area contributed by atoms with Gasteiger partial charge >= 0.3 is 0 Å². The standard InChI is InChI=1S/C24H27N5O2S/c30-12-17-7-4-10-28(17)24-20-21(25-13-26-23(20)31)22(32-24)15-8-9-19-18(11-15)27-14-29(19)16-5-2-1-3-6-16/h8-9,11,13-14,16-17,30H,1-7,10,12H2,(H,25,26,31). The Morgan fingerprint density at radius 3 is 2.84 bits per heavy atom. The molecule has 4 aromatic rings. The van der Waals surface area contributed by atoms with Gasteiger partial charge in [-0.15, -0.1) is 11.3 Å². The summed E-state index contributed by atoms with van der Waals surface area (Å²) in [5, 5.41) is 11.4. The fourth-order valence-electron chi connectivity index (χ4n) is 5.48. The van der Waals surface area contributed by atoms with Crippen molar-refractivity contribution in [3.8, 4) is 10.4 Å². The number of nitrogens with zero attached hydrogens (tertiary/aromatic N) is 4. The van der Waals surface area contributed by atoms with Gasteiger partial charge in [-0.05, 0) is 43.4 Å². The first kappa shape index (κ1) is 19.9. The predicted octanol–water partition coefficient (Wildman–Crippen LogP) is 4.47. The van der Waals surface area contributed by atoms with E-state index >= 15 is 0 Å². The van der Waals surface area contributed by atoms with E-state index < -0.39 is 0 Å². The topological polar surface area (TPSA) is 87.0 Å². The van der Waals surface area contributed by atoms with Crippen LogP contribution in [0, 0.1) is 0 Å². The minimum Gasteiger partial charge on any atom is -0.394 e. The van der Waals surface area contributed by atoms with Gasteiger partial charge in [-0.3, -0.25) is 4.79 Å². The van der Waals surface area contributed by atoms with E-state index in [9.17, 15) is 9.90 Å². The van der Waals surface area contributed by atoms with Crippen LogP contribution in [0.1, 0.15) is 51.0 Å². The van der Waals surface area contributed by atoms with Crippen molar-refractivity contribution < 1.29 is 5.11 Å². The molecule has 1 atom stereocenters. The molecule has 32 heavy (non-hydrogen) atoms.